The van der Waals surface area contributed by atoms with Crippen LogP contribution in [-0.2, 0) is 9.59 Å². The van der Waals surface area contributed by atoms with Gasteiger partial charge >= 0.3 is 0 Å². The molecule has 1 aromatic carbocycles. The van der Waals surface area contributed by atoms with Gasteiger partial charge in [0.25, 0.3) is 0 Å². The lowest BCUT2D eigenvalue weighted by atomic mass is 9.85. The topological polar surface area (TPSA) is 83.0 Å². The van der Waals surface area contributed by atoms with E-state index in [1.807, 2.05) is 0 Å². The number of hydrogen-bond acceptors (Lipinski definition) is 4. The molecule has 4 unspecified atom stereocenters. The van der Waals surface area contributed by atoms with E-state index >= 15 is 0 Å². The maximum absolute atomic E-state index is 12.9. The third-order valence-electron chi connectivity index (χ3n) is 6.36. The van der Waals surface area contributed by atoms with E-state index in [0.717, 1.165) is 19.3 Å². The number of aliphatic imine (C=N–C) groups is 1. The number of carbonyl (C=O) groups excluding carboxylic acids is 2. The van der Waals surface area contributed by atoms with Crippen molar-refractivity contribution in [2.45, 2.75) is 19.3 Å². The Bertz CT molecular complexity index is 846. The summed E-state index contributed by atoms with van der Waals surface area (Å²) in [6, 6.07) is 5.99. The van der Waals surface area contributed by atoms with E-state index in [1.54, 1.807) is 19.2 Å². The average molecular weight is 556 g/mol. The number of nitrogens with one attached hydrogen (secondary N) is 2. The Morgan fingerprint density at radius 1 is 1.06 bits per heavy atom. The van der Waals surface area contributed by atoms with Crippen LogP contribution < -0.4 is 15.4 Å². The molecule has 3 aliphatic rings. The second-order valence-electron chi connectivity index (χ2n) is 8.26. The van der Waals surface area contributed by atoms with Crippen molar-refractivity contribution in [1.29, 1.82) is 0 Å². The second kappa shape index (κ2) is 11.1. The van der Waals surface area contributed by atoms with Crippen LogP contribution in [-0.4, -0.2) is 56.0 Å². The van der Waals surface area contributed by atoms with Crippen LogP contribution in [0.15, 0.2) is 41.4 Å². The number of fused-ring (bicyclic) bond motifs is 5. The highest BCUT2D eigenvalue weighted by Gasteiger charge is 2.58. The number of carbonyl (C=O) groups is 2. The van der Waals surface area contributed by atoms with Gasteiger partial charge in [-0.05, 0) is 55.4 Å². The van der Waals surface area contributed by atoms with Crippen molar-refractivity contribution < 1.29 is 18.7 Å². The third-order valence-corrected chi connectivity index (χ3v) is 6.36. The van der Waals surface area contributed by atoms with Crippen LogP contribution in [0.4, 0.5) is 4.39 Å². The Morgan fingerprint density at radius 3 is 2.31 bits per heavy atom. The fourth-order valence-electron chi connectivity index (χ4n) is 4.85. The minimum Gasteiger partial charge on any atom is -0.494 e. The standard InChI is InChI=1S/C23H29FN4O3.HI/c1-25-23(26-10-2-3-13-31-18-8-6-17(24)7-9-18)27-11-12-28-21(29)19-15-4-5-16(14-15)20(19)22(28)30;/h4-9,15-16,19-20H,2-3,10-14H2,1H3,(H2,25,26,27);1H. The summed E-state index contributed by atoms with van der Waals surface area (Å²) < 4.78 is 18.4. The Morgan fingerprint density at radius 2 is 1.69 bits per heavy atom. The third kappa shape index (κ3) is 5.24. The zero-order valence-electron chi connectivity index (χ0n) is 18.1. The lowest BCUT2D eigenvalue weighted by Crippen LogP contribution is -2.43. The maximum Gasteiger partial charge on any atom is 0.233 e. The predicted octanol–water partition coefficient (Wildman–Crippen LogP) is 2.57. The monoisotopic (exact) mass is 556 g/mol. The summed E-state index contributed by atoms with van der Waals surface area (Å²) in [5.74, 6) is 1.19. The van der Waals surface area contributed by atoms with Gasteiger partial charge in [-0.3, -0.25) is 19.5 Å². The number of allylic oxidation sites excluding steroid dienone is 2. The highest BCUT2D eigenvalue weighted by atomic mass is 127. The summed E-state index contributed by atoms with van der Waals surface area (Å²) in [6.45, 7) is 2.09. The highest BCUT2D eigenvalue weighted by molar-refractivity contribution is 14.0. The molecular formula is C23H30FIN4O3. The van der Waals surface area contributed by atoms with E-state index in [1.165, 1.54) is 17.0 Å². The van der Waals surface area contributed by atoms with E-state index in [4.69, 9.17) is 4.74 Å². The largest absolute Gasteiger partial charge is 0.494 e. The van der Waals surface area contributed by atoms with Crippen molar-refractivity contribution in [1.82, 2.24) is 15.5 Å². The number of imide groups is 1. The number of likely N-dealkylation sites (tertiary alicyclic amines) is 1. The Balaban J connectivity index is 0.00000289. The number of unbranched alkanes of at least 4 members (excludes halogenated alkanes) is 1. The van der Waals surface area contributed by atoms with Crippen LogP contribution in [0.25, 0.3) is 0 Å². The molecule has 1 heterocycles. The number of guanidine groups is 1. The van der Waals surface area contributed by atoms with E-state index in [9.17, 15) is 14.0 Å². The number of amides is 2. The number of rotatable bonds is 9. The van der Waals surface area contributed by atoms with E-state index in [-0.39, 0.29) is 65.3 Å². The molecular weight excluding hydrogens is 526 g/mol. The van der Waals surface area contributed by atoms with Crippen molar-refractivity contribution in [3.05, 3.63) is 42.2 Å². The summed E-state index contributed by atoms with van der Waals surface area (Å²) in [5.41, 5.74) is 0. The fourth-order valence-corrected chi connectivity index (χ4v) is 4.85. The molecule has 1 saturated carbocycles. The van der Waals surface area contributed by atoms with Gasteiger partial charge in [0, 0.05) is 26.7 Å². The molecule has 1 aromatic rings. The van der Waals surface area contributed by atoms with Crippen molar-refractivity contribution in [3.8, 4) is 5.75 Å². The van der Waals surface area contributed by atoms with Crippen LogP contribution >= 0.6 is 24.0 Å². The predicted molar refractivity (Wildman–Crippen MR) is 130 cm³/mol. The second-order valence-corrected chi connectivity index (χ2v) is 8.26. The van der Waals surface area contributed by atoms with Crippen LogP contribution in [0, 0.1) is 29.5 Å². The first-order valence-electron chi connectivity index (χ1n) is 10.9. The molecule has 1 aliphatic heterocycles. The Hall–Kier alpha value is -2.17. The molecule has 4 atom stereocenters. The molecule has 2 fully saturated rings. The van der Waals surface area contributed by atoms with Crippen LogP contribution in [0.2, 0.25) is 0 Å². The minimum atomic E-state index is -0.277. The van der Waals surface area contributed by atoms with E-state index in [2.05, 4.69) is 27.8 Å². The molecule has 4 rings (SSSR count). The van der Waals surface area contributed by atoms with E-state index < -0.39 is 0 Å². The Labute approximate surface area is 204 Å². The number of halogens is 2. The van der Waals surface area contributed by atoms with Crippen LogP contribution in [0.1, 0.15) is 19.3 Å². The van der Waals surface area contributed by atoms with Gasteiger partial charge in [-0.15, -0.1) is 24.0 Å². The molecule has 1 saturated heterocycles. The lowest BCUT2D eigenvalue weighted by molar-refractivity contribution is -0.140. The van der Waals surface area contributed by atoms with Crippen molar-refractivity contribution in [3.63, 3.8) is 0 Å². The maximum atomic E-state index is 12.9. The number of ether oxygens (including phenoxy) is 1. The molecule has 0 radical (unpaired) electrons. The van der Waals surface area contributed by atoms with Gasteiger partial charge in [0.1, 0.15) is 11.6 Å². The van der Waals surface area contributed by atoms with Crippen molar-refractivity contribution in [2.24, 2.45) is 28.7 Å². The van der Waals surface area contributed by atoms with Gasteiger partial charge in [-0.25, -0.2) is 4.39 Å². The van der Waals surface area contributed by atoms with Crippen LogP contribution in [0.5, 0.6) is 5.75 Å². The number of hydrogen-bond donors (Lipinski definition) is 2. The smallest absolute Gasteiger partial charge is 0.233 e. The molecule has 32 heavy (non-hydrogen) atoms. The lowest BCUT2D eigenvalue weighted by Gasteiger charge is -2.18. The molecule has 2 aliphatic carbocycles. The summed E-state index contributed by atoms with van der Waals surface area (Å²) in [4.78, 5) is 31.0. The molecule has 174 valence electrons. The van der Waals surface area contributed by atoms with Gasteiger partial charge in [0.2, 0.25) is 11.8 Å². The summed E-state index contributed by atoms with van der Waals surface area (Å²) >= 11 is 0. The minimum absolute atomic E-state index is 0. The molecule has 2 bridgehead atoms. The van der Waals surface area contributed by atoms with Gasteiger partial charge in [0.15, 0.2) is 5.96 Å². The van der Waals surface area contributed by atoms with Crippen LogP contribution in [0.3, 0.4) is 0 Å². The molecule has 2 amide bonds. The van der Waals surface area contributed by atoms with Gasteiger partial charge in [-0.2, -0.15) is 0 Å². The average Bonchev–Trinajstić information content (AvgIpc) is 3.45. The van der Waals surface area contributed by atoms with E-state index in [0.29, 0.717) is 38.0 Å². The van der Waals surface area contributed by atoms with Gasteiger partial charge in [0.05, 0.1) is 18.4 Å². The summed E-state index contributed by atoms with van der Waals surface area (Å²) in [7, 11) is 1.69. The van der Waals surface area contributed by atoms with Gasteiger partial charge < -0.3 is 15.4 Å². The molecule has 7 nitrogen and oxygen atoms in total. The van der Waals surface area contributed by atoms with Crippen molar-refractivity contribution in [2.75, 3.05) is 33.3 Å². The fraction of sp³-hybridized carbons (Fsp3) is 0.522. The molecule has 0 spiro atoms. The SMILES string of the molecule is CN=C(NCCCCOc1ccc(F)cc1)NCCN1C(=O)C2C3C=CC(C3)C2C1=O.I. The van der Waals surface area contributed by atoms with Gasteiger partial charge in [-0.1, -0.05) is 12.2 Å². The molecule has 2 N–H and O–H groups in total. The number of benzene rings is 1. The molecule has 0 aromatic heterocycles. The van der Waals surface area contributed by atoms with Crippen molar-refractivity contribution >= 4 is 41.8 Å². The first-order chi connectivity index (χ1) is 15.1. The highest BCUT2D eigenvalue weighted by Crippen LogP contribution is 2.52. The normalized spacial score (nSPS) is 25.7. The zero-order valence-corrected chi connectivity index (χ0v) is 20.5. The number of nitrogens with zero attached hydrogens (tertiary/aromatic N) is 2. The quantitative estimate of drug-likeness (QED) is 0.122. The molecule has 9 heteroatoms. The summed E-state index contributed by atoms with van der Waals surface area (Å²) in [6.07, 6.45) is 6.89. The first-order valence-corrected chi connectivity index (χ1v) is 10.9. The summed E-state index contributed by atoms with van der Waals surface area (Å²) in [5, 5.41) is 6.40. The first kappa shape index (κ1) is 24.5. The Kier molecular flexibility index (Phi) is 8.50. The zero-order chi connectivity index (χ0) is 21.8.